The first-order chi connectivity index (χ1) is 21.0. The molecule has 1 aromatic rings. The van der Waals surface area contributed by atoms with Crippen LogP contribution in [0, 0.1) is 0 Å². The number of carbonyl (C=O) groups excluding carboxylic acids is 4. The summed E-state index contributed by atoms with van der Waals surface area (Å²) in [6, 6.07) is 0.196. The molecule has 5 atom stereocenters. The van der Waals surface area contributed by atoms with E-state index in [1.54, 1.807) is 12.1 Å². The number of aromatic hydroxyl groups is 1. The number of aliphatic carboxylic acids is 1. The monoisotopic (exact) mass is 658 g/mol. The predicted octanol–water partition coefficient (Wildman–Crippen LogP) is -1.09. The molecule has 11 N–H and O–H groups in total. The summed E-state index contributed by atoms with van der Waals surface area (Å²) in [5.41, 5.74) is 11.8. The molecule has 0 heterocycles. The van der Waals surface area contributed by atoms with Gasteiger partial charge in [-0.2, -0.15) is 23.5 Å². The summed E-state index contributed by atoms with van der Waals surface area (Å²) in [5.74, 6) is -2.96. The van der Waals surface area contributed by atoms with E-state index in [0.29, 0.717) is 36.5 Å². The fourth-order valence-corrected chi connectivity index (χ4v) is 4.96. The van der Waals surface area contributed by atoms with Gasteiger partial charge in [0.25, 0.3) is 0 Å². The predicted molar refractivity (Wildman–Crippen MR) is 171 cm³/mol. The first-order valence-corrected chi connectivity index (χ1v) is 17.0. The number of phenolic OH excluding ortho intramolecular Hbond substituents is 1. The molecular formula is C28H46N6O8S2. The smallest absolute Gasteiger partial charge is 0.326 e. The topological polar surface area (TPSA) is 246 Å². The summed E-state index contributed by atoms with van der Waals surface area (Å²) < 4.78 is 0. The van der Waals surface area contributed by atoms with Crippen molar-refractivity contribution in [1.29, 1.82) is 0 Å². The maximum absolute atomic E-state index is 13.5. The summed E-state index contributed by atoms with van der Waals surface area (Å²) in [5, 5.41) is 38.8. The first kappa shape index (κ1) is 39.0. The molecular weight excluding hydrogens is 612 g/mol. The average Bonchev–Trinajstić information content (AvgIpc) is 3.00. The van der Waals surface area contributed by atoms with Crippen LogP contribution in [0.2, 0.25) is 0 Å². The number of aliphatic hydroxyl groups excluding tert-OH is 1. The second-order valence-electron chi connectivity index (χ2n) is 10.1. The van der Waals surface area contributed by atoms with Gasteiger partial charge in [-0.15, -0.1) is 0 Å². The third-order valence-corrected chi connectivity index (χ3v) is 7.88. The van der Waals surface area contributed by atoms with Gasteiger partial charge in [0, 0.05) is 6.42 Å². The highest BCUT2D eigenvalue weighted by Crippen LogP contribution is 2.13. The largest absolute Gasteiger partial charge is 0.508 e. The molecule has 248 valence electrons. The van der Waals surface area contributed by atoms with Crippen molar-refractivity contribution in [1.82, 2.24) is 21.3 Å². The van der Waals surface area contributed by atoms with Crippen molar-refractivity contribution in [3.8, 4) is 5.75 Å². The zero-order valence-corrected chi connectivity index (χ0v) is 26.8. The van der Waals surface area contributed by atoms with Crippen LogP contribution < -0.4 is 32.7 Å². The quantitative estimate of drug-likeness (QED) is 0.0675. The molecule has 44 heavy (non-hydrogen) atoms. The van der Waals surface area contributed by atoms with Crippen molar-refractivity contribution in [2.24, 2.45) is 11.5 Å². The highest BCUT2D eigenvalue weighted by Gasteiger charge is 2.31. The number of nitrogens with two attached hydrogens (primary N) is 2. The van der Waals surface area contributed by atoms with Crippen LogP contribution >= 0.6 is 23.5 Å². The molecule has 16 heteroatoms. The van der Waals surface area contributed by atoms with Crippen molar-refractivity contribution in [2.45, 2.75) is 68.7 Å². The van der Waals surface area contributed by atoms with Crippen molar-refractivity contribution >= 4 is 53.1 Å². The van der Waals surface area contributed by atoms with Gasteiger partial charge in [-0.05, 0) is 80.4 Å². The van der Waals surface area contributed by atoms with Crippen molar-refractivity contribution in [2.75, 3.05) is 37.2 Å². The van der Waals surface area contributed by atoms with Gasteiger partial charge >= 0.3 is 5.97 Å². The second-order valence-corrected chi connectivity index (χ2v) is 12.1. The summed E-state index contributed by atoms with van der Waals surface area (Å²) in [4.78, 5) is 64.3. The minimum atomic E-state index is -1.28. The number of carbonyl (C=O) groups is 5. The van der Waals surface area contributed by atoms with E-state index >= 15 is 0 Å². The number of thioether (sulfide) groups is 2. The Morgan fingerprint density at radius 3 is 1.73 bits per heavy atom. The maximum atomic E-state index is 13.5. The lowest BCUT2D eigenvalue weighted by molar-refractivity contribution is -0.142. The Morgan fingerprint density at radius 2 is 1.23 bits per heavy atom. The highest BCUT2D eigenvalue weighted by molar-refractivity contribution is 7.98. The lowest BCUT2D eigenvalue weighted by Gasteiger charge is -2.26. The van der Waals surface area contributed by atoms with Gasteiger partial charge in [-0.3, -0.25) is 19.2 Å². The van der Waals surface area contributed by atoms with Gasteiger partial charge in [0.1, 0.15) is 36.0 Å². The maximum Gasteiger partial charge on any atom is 0.326 e. The molecule has 14 nitrogen and oxygen atoms in total. The van der Waals surface area contributed by atoms with E-state index in [-0.39, 0.29) is 31.4 Å². The Kier molecular flexibility index (Phi) is 19.1. The van der Waals surface area contributed by atoms with Crippen molar-refractivity contribution < 1.29 is 39.3 Å². The highest BCUT2D eigenvalue weighted by atomic mass is 32.2. The zero-order chi connectivity index (χ0) is 33.1. The number of aliphatic hydroxyl groups is 1. The summed E-state index contributed by atoms with van der Waals surface area (Å²) in [6.45, 7) is -0.296. The molecule has 1 rings (SSSR count). The molecule has 0 aliphatic rings. The Labute approximate surface area is 266 Å². The number of hydrogen-bond acceptors (Lipinski definition) is 11. The van der Waals surface area contributed by atoms with Crippen molar-refractivity contribution in [3.63, 3.8) is 0 Å². The van der Waals surface area contributed by atoms with E-state index in [1.807, 2.05) is 12.5 Å². The number of phenols is 1. The molecule has 0 spiro atoms. The molecule has 0 aliphatic heterocycles. The summed E-state index contributed by atoms with van der Waals surface area (Å²) in [6.07, 6.45) is 5.26. The minimum absolute atomic E-state index is 0.0109. The third-order valence-electron chi connectivity index (χ3n) is 6.59. The van der Waals surface area contributed by atoms with Crippen LogP contribution in [0.5, 0.6) is 5.75 Å². The van der Waals surface area contributed by atoms with Gasteiger partial charge in [0.05, 0.1) is 6.61 Å². The van der Waals surface area contributed by atoms with Crippen LogP contribution in [0.4, 0.5) is 0 Å². The molecule has 0 aliphatic carbocycles. The molecule has 0 unspecified atom stereocenters. The number of nitrogens with one attached hydrogen (secondary N) is 4. The Bertz CT molecular complexity index is 1070. The number of rotatable bonds is 22. The van der Waals surface area contributed by atoms with Crippen LogP contribution in [0.1, 0.15) is 37.7 Å². The second kappa shape index (κ2) is 21.6. The third kappa shape index (κ3) is 14.6. The van der Waals surface area contributed by atoms with E-state index in [9.17, 15) is 39.3 Å². The van der Waals surface area contributed by atoms with Crippen LogP contribution in [0.25, 0.3) is 0 Å². The number of carboxylic acid groups (broad SMARTS) is 1. The fraction of sp³-hybridized carbons (Fsp3) is 0.607. The number of benzene rings is 1. The van der Waals surface area contributed by atoms with Gasteiger partial charge in [0.15, 0.2) is 0 Å². The molecule has 0 aromatic heterocycles. The van der Waals surface area contributed by atoms with E-state index < -0.39 is 66.4 Å². The molecule has 0 saturated heterocycles. The minimum Gasteiger partial charge on any atom is -0.508 e. The van der Waals surface area contributed by atoms with Crippen LogP contribution in [0.3, 0.4) is 0 Å². The standard InChI is InChI=1S/C28H46N6O8S2/c1-43-13-10-21(26(39)33-22(28(41)42)11-14-44-2)32-25(38)20(5-3-4-12-29)31-27(40)23(34-24(37)19(30)16-35)15-17-6-8-18(36)9-7-17/h6-9,19-23,35-36H,3-5,10-16,29-30H2,1-2H3,(H,31,40)(H,32,38)(H,33,39)(H,34,37)(H,41,42)/t19-,20-,21-,22-,23-/m0/s1. The van der Waals surface area contributed by atoms with Crippen LogP contribution in [-0.2, 0) is 30.4 Å². The van der Waals surface area contributed by atoms with E-state index in [0.717, 1.165) is 0 Å². The zero-order valence-electron chi connectivity index (χ0n) is 25.1. The Hall–Kier alpha value is -3.05. The number of unbranched alkanes of at least 4 members (excludes halogenated alkanes) is 1. The van der Waals surface area contributed by atoms with E-state index in [2.05, 4.69) is 21.3 Å². The summed E-state index contributed by atoms with van der Waals surface area (Å²) in [7, 11) is 0. The lowest BCUT2D eigenvalue weighted by Crippen LogP contribution is -2.59. The van der Waals surface area contributed by atoms with Gasteiger partial charge in [-0.25, -0.2) is 4.79 Å². The fourth-order valence-electron chi connectivity index (χ4n) is 4.01. The van der Waals surface area contributed by atoms with Crippen molar-refractivity contribution in [3.05, 3.63) is 29.8 Å². The molecule has 1 aromatic carbocycles. The number of amides is 4. The van der Waals surface area contributed by atoms with Crippen LogP contribution in [0.15, 0.2) is 24.3 Å². The molecule has 0 saturated carbocycles. The number of carboxylic acids is 1. The van der Waals surface area contributed by atoms with Crippen LogP contribution in [-0.4, -0.2) is 112 Å². The lowest BCUT2D eigenvalue weighted by atomic mass is 10.0. The van der Waals surface area contributed by atoms with Gasteiger partial charge < -0.3 is 48.1 Å². The Morgan fingerprint density at radius 1 is 0.750 bits per heavy atom. The van der Waals surface area contributed by atoms with E-state index in [1.165, 1.54) is 35.7 Å². The molecule has 0 bridgehead atoms. The first-order valence-electron chi connectivity index (χ1n) is 14.2. The number of hydrogen-bond donors (Lipinski definition) is 9. The van der Waals surface area contributed by atoms with Gasteiger partial charge in [-0.1, -0.05) is 12.1 Å². The molecule has 0 fully saturated rings. The Balaban J connectivity index is 3.20. The SMILES string of the molecule is CSCC[C@H](NC(=O)[C@H](CCSC)NC(=O)[C@H](CCCCN)NC(=O)[C@H](Cc1ccc(O)cc1)NC(=O)[C@@H](N)CO)C(=O)O. The molecule has 4 amide bonds. The average molecular weight is 659 g/mol. The van der Waals surface area contributed by atoms with E-state index in [4.69, 9.17) is 11.5 Å². The van der Waals surface area contributed by atoms with Gasteiger partial charge in [0.2, 0.25) is 23.6 Å². The normalized spacial score (nSPS) is 14.4. The summed E-state index contributed by atoms with van der Waals surface area (Å²) >= 11 is 2.89. The molecule has 0 radical (unpaired) electrons.